The number of nitrogens with zero attached hydrogens (tertiary/aromatic N) is 6. The van der Waals surface area contributed by atoms with Crippen LogP contribution < -0.4 is 16.5 Å². The molecule has 4 aliphatic rings. The van der Waals surface area contributed by atoms with Crippen molar-refractivity contribution < 1.29 is 58.5 Å². The average Bonchev–Trinajstić information content (AvgIpc) is 3.75. The van der Waals surface area contributed by atoms with Crippen LogP contribution in [0.15, 0.2) is 38.9 Å². The number of carboxylic acids is 3. The molecule has 0 spiro atoms. The van der Waals surface area contributed by atoms with E-state index in [1.807, 2.05) is 0 Å². The van der Waals surface area contributed by atoms with Crippen LogP contribution in [-0.2, 0) is 35.4 Å². The predicted molar refractivity (Wildman–Crippen MR) is 185 cm³/mol. The number of pyridine rings is 1. The fourth-order valence-electron chi connectivity index (χ4n) is 6.90. The first-order valence-corrected chi connectivity index (χ1v) is 18.3. The second-order valence-electron chi connectivity index (χ2n) is 12.9. The third-order valence-corrected chi connectivity index (χ3v) is 11.5. The maximum atomic E-state index is 13.5. The van der Waals surface area contributed by atoms with E-state index in [-0.39, 0.29) is 33.9 Å². The molecule has 6 rings (SSSR count). The van der Waals surface area contributed by atoms with Crippen molar-refractivity contribution in [3.05, 3.63) is 50.5 Å². The summed E-state index contributed by atoms with van der Waals surface area (Å²) in [5.41, 5.74) is 4.88. The van der Waals surface area contributed by atoms with E-state index in [1.54, 1.807) is 9.47 Å². The number of quaternary nitrogens is 1. The smallest absolute Gasteiger partial charge is 0.352 e. The topological polar surface area (TPSA) is 284 Å². The highest BCUT2D eigenvalue weighted by Gasteiger charge is 2.55. The van der Waals surface area contributed by atoms with Crippen LogP contribution >= 0.6 is 23.1 Å². The fourth-order valence-corrected chi connectivity index (χ4v) is 8.78. The Balaban J connectivity index is 1.17. The molecule has 3 unspecified atom stereocenters. The number of nitrogens with one attached hydrogen (secondary N) is 1. The van der Waals surface area contributed by atoms with Crippen LogP contribution in [0.5, 0.6) is 5.75 Å². The highest BCUT2D eigenvalue weighted by molar-refractivity contribution is 8.00. The maximum Gasteiger partial charge on any atom is 0.352 e. The van der Waals surface area contributed by atoms with Crippen molar-refractivity contribution in [3.8, 4) is 5.75 Å². The number of anilines is 1. The predicted octanol–water partition coefficient (Wildman–Crippen LogP) is -1.25. The molecule has 0 aromatic carbocycles. The summed E-state index contributed by atoms with van der Waals surface area (Å²) in [6.45, 7) is 3.37. The number of nitrogens with two attached hydrogens (primary N) is 1. The van der Waals surface area contributed by atoms with E-state index in [1.165, 1.54) is 23.3 Å². The number of carbonyl (C=O) groups excluding carboxylic acids is 3. The average molecular weight is 776 g/mol. The molecule has 0 aliphatic carbocycles. The number of hydrogen-bond acceptors (Lipinski definition) is 14. The summed E-state index contributed by atoms with van der Waals surface area (Å²) < 4.78 is 2.03. The van der Waals surface area contributed by atoms with E-state index in [4.69, 9.17) is 15.7 Å². The Labute approximate surface area is 307 Å². The lowest BCUT2D eigenvalue weighted by Gasteiger charge is -2.50. The summed E-state index contributed by atoms with van der Waals surface area (Å²) in [5, 5.41) is 45.1. The van der Waals surface area contributed by atoms with Gasteiger partial charge in [0.15, 0.2) is 16.6 Å². The molecule has 2 saturated heterocycles. The van der Waals surface area contributed by atoms with Crippen molar-refractivity contribution in [2.75, 3.05) is 50.8 Å². The molecule has 282 valence electrons. The zero-order chi connectivity index (χ0) is 38.2. The third-order valence-electron chi connectivity index (χ3n) is 9.53. The van der Waals surface area contributed by atoms with Gasteiger partial charge < -0.3 is 50.3 Å². The van der Waals surface area contributed by atoms with Gasteiger partial charge in [-0.25, -0.2) is 14.6 Å². The van der Waals surface area contributed by atoms with Gasteiger partial charge in [0.25, 0.3) is 17.7 Å². The van der Waals surface area contributed by atoms with Crippen LogP contribution in [0.1, 0.15) is 35.4 Å². The second kappa shape index (κ2) is 14.9. The lowest BCUT2D eigenvalue weighted by Crippen LogP contribution is -2.71. The van der Waals surface area contributed by atoms with E-state index in [2.05, 4.69) is 15.5 Å². The molecular formula is C31H35N8O12S2+. The molecule has 4 aliphatic heterocycles. The van der Waals surface area contributed by atoms with Gasteiger partial charge in [0.2, 0.25) is 11.5 Å². The first kappa shape index (κ1) is 37.3. The summed E-state index contributed by atoms with van der Waals surface area (Å²) in [4.78, 5) is 99.1. The number of amides is 3. The highest BCUT2D eigenvalue weighted by atomic mass is 32.2. The van der Waals surface area contributed by atoms with Gasteiger partial charge in [-0.2, -0.15) is 0 Å². The molecule has 6 heterocycles. The van der Waals surface area contributed by atoms with Crippen LogP contribution in [0.3, 0.4) is 0 Å². The molecule has 2 aromatic rings. The van der Waals surface area contributed by atoms with Gasteiger partial charge in [-0.3, -0.25) is 28.9 Å². The summed E-state index contributed by atoms with van der Waals surface area (Å²) in [6.07, 6.45) is 0.114. The Morgan fingerprint density at radius 2 is 1.87 bits per heavy atom. The molecule has 0 radical (unpaired) electrons. The fraction of sp³-hybridized carbons (Fsp3) is 0.452. The van der Waals surface area contributed by atoms with Gasteiger partial charge in [0.1, 0.15) is 35.0 Å². The number of carboxylic acid groups (broad SMARTS) is 3. The normalized spacial score (nSPS) is 21.4. The summed E-state index contributed by atoms with van der Waals surface area (Å²) in [6, 6.07) is -0.0760. The molecule has 22 heteroatoms. The number of aliphatic carboxylic acids is 3. The molecule has 53 heavy (non-hydrogen) atoms. The standard InChI is InChI=1S/C31H34N8O12S2/c32-31-33-16(14-53-31)22(35-51-20(29(47)48)10-21(42)43)25(44)34-23-27(46)38-24(30(49)50)15(13-52-28(23)38)12-39(6-1-2-7-39)8-5-36-3-4-37-11-19(41)18(40)9-17(37)26(36)45/h9,11,14,20,23,28H,1-8,10,12-13H2,(H6-,32,33,34,41,42,43,44,47,48,49,50)/p+1. The number of oxime groups is 1. The Kier molecular flexibility index (Phi) is 10.5. The van der Waals surface area contributed by atoms with E-state index >= 15 is 0 Å². The van der Waals surface area contributed by atoms with Crippen LogP contribution in [0, 0.1) is 0 Å². The van der Waals surface area contributed by atoms with Crippen LogP contribution in [0.25, 0.3) is 0 Å². The molecule has 3 atom stereocenters. The number of aromatic hydroxyl groups is 1. The Hall–Kier alpha value is -5.48. The van der Waals surface area contributed by atoms with Gasteiger partial charge in [-0.1, -0.05) is 5.16 Å². The van der Waals surface area contributed by atoms with Crippen LogP contribution in [0.4, 0.5) is 5.13 Å². The minimum absolute atomic E-state index is 0.0302. The summed E-state index contributed by atoms with van der Waals surface area (Å²) >= 11 is 2.19. The first-order valence-electron chi connectivity index (χ1n) is 16.4. The molecular weight excluding hydrogens is 741 g/mol. The number of β-lactam (4-membered cyclic amide) rings is 1. The largest absolute Gasteiger partial charge is 0.503 e. The van der Waals surface area contributed by atoms with E-state index in [9.17, 15) is 48.9 Å². The number of aromatic nitrogens is 2. The number of thiazole rings is 1. The van der Waals surface area contributed by atoms with Crippen LogP contribution in [-0.4, -0.2) is 148 Å². The molecule has 0 saturated carbocycles. The first-order chi connectivity index (χ1) is 25.2. The van der Waals surface area contributed by atoms with Crippen molar-refractivity contribution >= 4 is 69.6 Å². The van der Waals surface area contributed by atoms with Crippen molar-refractivity contribution in [2.45, 2.75) is 43.3 Å². The summed E-state index contributed by atoms with van der Waals surface area (Å²) in [7, 11) is 0. The second-order valence-corrected chi connectivity index (χ2v) is 14.9. The molecule has 20 nitrogen and oxygen atoms in total. The SMILES string of the molecule is Nc1nc(C(=NOC(CC(=O)O)C(=O)O)C(=O)NC2C(=O)N3C(C(=O)O)=C(C[N+]4(CCN5CCn6cc(O)c(=O)cc6C5=O)CCCC4)CSC23)cs1. The van der Waals surface area contributed by atoms with Gasteiger partial charge in [-0.05, 0) is 0 Å². The van der Waals surface area contributed by atoms with Gasteiger partial charge in [-0.15, -0.1) is 23.1 Å². The molecule has 2 fully saturated rings. The molecule has 2 aromatic heterocycles. The number of rotatable bonds is 14. The minimum Gasteiger partial charge on any atom is -0.503 e. The number of likely N-dealkylation sites (tertiary alicyclic amines) is 1. The zero-order valence-electron chi connectivity index (χ0n) is 27.9. The molecule has 3 amide bonds. The van der Waals surface area contributed by atoms with Crippen molar-refractivity contribution in [1.82, 2.24) is 24.7 Å². The lowest BCUT2D eigenvalue weighted by molar-refractivity contribution is -0.911. The summed E-state index contributed by atoms with van der Waals surface area (Å²) in [5.74, 6) is -6.72. The maximum absolute atomic E-state index is 13.5. The number of carbonyl (C=O) groups is 6. The quantitative estimate of drug-likeness (QED) is 0.0566. The highest BCUT2D eigenvalue weighted by Crippen LogP contribution is 2.41. The number of hydrogen-bond donors (Lipinski definition) is 6. The van der Waals surface area contributed by atoms with Gasteiger partial charge in [0.05, 0.1) is 38.8 Å². The monoisotopic (exact) mass is 775 g/mol. The minimum atomic E-state index is -1.94. The van der Waals surface area contributed by atoms with Crippen molar-refractivity contribution in [1.29, 1.82) is 0 Å². The van der Waals surface area contributed by atoms with E-state index in [0.717, 1.165) is 48.2 Å². The zero-order valence-corrected chi connectivity index (χ0v) is 29.5. The van der Waals surface area contributed by atoms with E-state index < -0.39 is 70.6 Å². The van der Waals surface area contributed by atoms with Crippen molar-refractivity contribution in [2.24, 2.45) is 5.16 Å². The number of thioether (sulfide) groups is 1. The van der Waals surface area contributed by atoms with E-state index in [0.29, 0.717) is 42.8 Å². The molecule has 0 bridgehead atoms. The Morgan fingerprint density at radius 3 is 2.51 bits per heavy atom. The van der Waals surface area contributed by atoms with Gasteiger partial charge >= 0.3 is 17.9 Å². The number of fused-ring (bicyclic) bond motifs is 2. The number of nitrogen functional groups attached to an aromatic ring is 1. The Bertz CT molecular complexity index is 2000. The van der Waals surface area contributed by atoms with Crippen LogP contribution in [0.2, 0.25) is 0 Å². The van der Waals surface area contributed by atoms with Crippen molar-refractivity contribution in [3.63, 3.8) is 0 Å². The third kappa shape index (κ3) is 7.55. The molecule has 7 N–H and O–H groups in total. The van der Waals surface area contributed by atoms with Gasteiger partial charge in [0, 0.05) is 48.7 Å². The lowest BCUT2D eigenvalue weighted by atomic mass is 10.0. The Morgan fingerprint density at radius 1 is 1.13 bits per heavy atom.